The van der Waals surface area contributed by atoms with Gasteiger partial charge in [-0.2, -0.15) is 0 Å². The van der Waals surface area contributed by atoms with Crippen LogP contribution in [0.1, 0.15) is 37.3 Å². The van der Waals surface area contributed by atoms with Crippen molar-refractivity contribution in [1.82, 2.24) is 15.2 Å². The summed E-state index contributed by atoms with van der Waals surface area (Å²) in [5.41, 5.74) is 3.51. The van der Waals surface area contributed by atoms with Crippen molar-refractivity contribution in [3.8, 4) is 0 Å². The molecule has 1 amide bonds. The third-order valence-corrected chi connectivity index (χ3v) is 5.66. The highest BCUT2D eigenvalue weighted by Gasteiger charge is 2.21. The molecule has 0 fully saturated rings. The van der Waals surface area contributed by atoms with Crippen molar-refractivity contribution in [3.05, 3.63) is 70.2 Å². The Morgan fingerprint density at radius 1 is 1.13 bits per heavy atom. The Morgan fingerprint density at radius 2 is 1.87 bits per heavy atom. The number of nitrogens with zero attached hydrogens (tertiary/aromatic N) is 1. The zero-order chi connectivity index (χ0) is 21.7. The van der Waals surface area contributed by atoms with Gasteiger partial charge in [0.15, 0.2) is 5.58 Å². The third kappa shape index (κ3) is 5.60. The fourth-order valence-electron chi connectivity index (χ4n) is 3.77. The molecule has 160 valence electrons. The predicted molar refractivity (Wildman–Crippen MR) is 120 cm³/mol. The number of aromatic amines is 1. The first-order valence-corrected chi connectivity index (χ1v) is 10.4. The first kappa shape index (κ1) is 21.8. The normalized spacial score (nSPS) is 13.7. The summed E-state index contributed by atoms with van der Waals surface area (Å²) in [5.74, 6) is 0.196. The van der Waals surface area contributed by atoms with Crippen LogP contribution in [0.5, 0.6) is 0 Å². The number of likely N-dealkylation sites (N-methyl/N-ethyl adjacent to an activating group) is 1. The van der Waals surface area contributed by atoms with Crippen LogP contribution in [0.25, 0.3) is 11.1 Å². The topological polar surface area (TPSA) is 78.3 Å². The van der Waals surface area contributed by atoms with Crippen LogP contribution < -0.4 is 11.1 Å². The molecule has 2 atom stereocenters. The van der Waals surface area contributed by atoms with Gasteiger partial charge < -0.3 is 14.6 Å². The average Bonchev–Trinajstić information content (AvgIpc) is 3.08. The predicted octanol–water partition coefficient (Wildman–Crippen LogP) is 3.54. The second-order valence-electron chi connectivity index (χ2n) is 8.44. The standard InChI is InChI=1S/C24H31N3O3/c1-16(2)20(18-8-6-5-7-9-18)14-23(28)25-15-19(27(3)4)12-17-10-11-21-22(13-17)30-24(29)26-21/h5-11,13,16,19-20H,12,14-15H2,1-4H3,(H,25,28)(H,26,29)/t19-,20?/m0/s1. The van der Waals surface area contributed by atoms with Gasteiger partial charge in [0.05, 0.1) is 5.52 Å². The number of H-pyrrole nitrogens is 1. The van der Waals surface area contributed by atoms with Crippen molar-refractivity contribution in [1.29, 1.82) is 0 Å². The van der Waals surface area contributed by atoms with Crippen molar-refractivity contribution >= 4 is 17.0 Å². The molecule has 2 N–H and O–H groups in total. The molecule has 6 nitrogen and oxygen atoms in total. The lowest BCUT2D eigenvalue weighted by Crippen LogP contribution is -2.42. The van der Waals surface area contributed by atoms with Crippen LogP contribution in [-0.4, -0.2) is 42.5 Å². The minimum Gasteiger partial charge on any atom is -0.408 e. The highest BCUT2D eigenvalue weighted by molar-refractivity contribution is 5.77. The largest absolute Gasteiger partial charge is 0.417 e. The molecule has 0 aliphatic rings. The Kier molecular flexibility index (Phi) is 7.11. The number of carbonyl (C=O) groups excluding carboxylic acids is 1. The second kappa shape index (κ2) is 9.76. The molecule has 6 heteroatoms. The van der Waals surface area contributed by atoms with E-state index in [1.165, 1.54) is 5.56 Å². The summed E-state index contributed by atoms with van der Waals surface area (Å²) in [6, 6.07) is 16.1. The third-order valence-electron chi connectivity index (χ3n) is 5.66. The highest BCUT2D eigenvalue weighted by atomic mass is 16.4. The molecule has 2 aromatic carbocycles. The van der Waals surface area contributed by atoms with Gasteiger partial charge in [-0.05, 0) is 55.6 Å². The number of fused-ring (bicyclic) bond motifs is 1. The lowest BCUT2D eigenvalue weighted by Gasteiger charge is -2.26. The maximum absolute atomic E-state index is 12.7. The van der Waals surface area contributed by atoms with E-state index in [1.807, 2.05) is 50.5 Å². The van der Waals surface area contributed by atoms with E-state index in [4.69, 9.17) is 4.42 Å². The molecule has 1 aromatic heterocycles. The van der Waals surface area contributed by atoms with Gasteiger partial charge in [0.1, 0.15) is 0 Å². The average molecular weight is 410 g/mol. The number of rotatable bonds is 9. The number of carbonyl (C=O) groups is 1. The fourth-order valence-corrected chi connectivity index (χ4v) is 3.77. The molecule has 3 rings (SSSR count). The lowest BCUT2D eigenvalue weighted by molar-refractivity contribution is -0.121. The van der Waals surface area contributed by atoms with Crippen LogP contribution in [0.15, 0.2) is 57.7 Å². The van der Waals surface area contributed by atoms with E-state index in [0.717, 1.165) is 12.0 Å². The molecule has 1 heterocycles. The summed E-state index contributed by atoms with van der Waals surface area (Å²) >= 11 is 0. The second-order valence-corrected chi connectivity index (χ2v) is 8.44. The van der Waals surface area contributed by atoms with Gasteiger partial charge in [0.2, 0.25) is 5.91 Å². The van der Waals surface area contributed by atoms with Crippen molar-refractivity contribution in [2.24, 2.45) is 5.92 Å². The van der Waals surface area contributed by atoms with Crippen molar-refractivity contribution in [2.45, 2.75) is 38.6 Å². The Bertz CT molecular complexity index is 1020. The summed E-state index contributed by atoms with van der Waals surface area (Å²) in [5, 5.41) is 3.12. The summed E-state index contributed by atoms with van der Waals surface area (Å²) in [6.07, 6.45) is 1.21. The van der Waals surface area contributed by atoms with Gasteiger partial charge in [0.25, 0.3) is 0 Å². The van der Waals surface area contributed by atoms with Crippen molar-refractivity contribution in [3.63, 3.8) is 0 Å². The molecule has 30 heavy (non-hydrogen) atoms. The Hall–Kier alpha value is -2.86. The van der Waals surface area contributed by atoms with Crippen molar-refractivity contribution in [2.75, 3.05) is 20.6 Å². The molecule has 0 saturated carbocycles. The van der Waals surface area contributed by atoms with E-state index in [9.17, 15) is 9.59 Å². The Labute approximate surface area is 177 Å². The van der Waals surface area contributed by atoms with E-state index in [1.54, 1.807) is 0 Å². The molecule has 0 saturated heterocycles. The number of nitrogens with one attached hydrogen (secondary N) is 2. The molecule has 0 spiro atoms. The van der Waals surface area contributed by atoms with Gasteiger partial charge in [0, 0.05) is 19.0 Å². The SMILES string of the molecule is CC(C)C(CC(=O)NC[C@H](Cc1ccc2[nH]c(=O)oc2c1)N(C)C)c1ccccc1. The minimum atomic E-state index is -0.448. The van der Waals surface area contributed by atoms with Crippen LogP contribution in [0.3, 0.4) is 0 Å². The van der Waals surface area contributed by atoms with Gasteiger partial charge in [-0.1, -0.05) is 50.2 Å². The summed E-state index contributed by atoms with van der Waals surface area (Å²) in [7, 11) is 4.01. The van der Waals surface area contributed by atoms with E-state index in [0.29, 0.717) is 30.0 Å². The van der Waals surface area contributed by atoms with E-state index in [-0.39, 0.29) is 17.9 Å². The van der Waals surface area contributed by atoms with E-state index >= 15 is 0 Å². The molecule has 0 bridgehead atoms. The number of hydrogen-bond acceptors (Lipinski definition) is 4. The molecular formula is C24H31N3O3. The molecule has 0 radical (unpaired) electrons. The Morgan fingerprint density at radius 3 is 2.53 bits per heavy atom. The summed E-state index contributed by atoms with van der Waals surface area (Å²) < 4.78 is 5.16. The number of amides is 1. The lowest BCUT2D eigenvalue weighted by atomic mass is 9.85. The van der Waals surface area contributed by atoms with E-state index in [2.05, 4.69) is 41.2 Å². The van der Waals surface area contributed by atoms with Gasteiger partial charge >= 0.3 is 5.76 Å². The van der Waals surface area contributed by atoms with Crippen LogP contribution >= 0.6 is 0 Å². The van der Waals surface area contributed by atoms with Gasteiger partial charge in [-0.3, -0.25) is 9.78 Å². The number of benzene rings is 2. The molecule has 0 aliphatic heterocycles. The smallest absolute Gasteiger partial charge is 0.408 e. The van der Waals surface area contributed by atoms with Gasteiger partial charge in [-0.15, -0.1) is 0 Å². The molecular weight excluding hydrogens is 378 g/mol. The number of hydrogen-bond donors (Lipinski definition) is 2. The van der Waals surface area contributed by atoms with Crippen LogP contribution in [-0.2, 0) is 11.2 Å². The van der Waals surface area contributed by atoms with Crippen LogP contribution in [0.4, 0.5) is 0 Å². The molecule has 0 aliphatic carbocycles. The summed E-state index contributed by atoms with van der Waals surface area (Å²) in [6.45, 7) is 4.87. The quantitative estimate of drug-likeness (QED) is 0.567. The highest BCUT2D eigenvalue weighted by Crippen LogP contribution is 2.27. The number of oxazole rings is 1. The molecule has 3 aromatic rings. The van der Waals surface area contributed by atoms with Crippen LogP contribution in [0.2, 0.25) is 0 Å². The zero-order valence-corrected chi connectivity index (χ0v) is 18.1. The fraction of sp³-hybridized carbons (Fsp3) is 0.417. The maximum Gasteiger partial charge on any atom is 0.417 e. The number of aromatic nitrogens is 1. The van der Waals surface area contributed by atoms with Gasteiger partial charge in [-0.25, -0.2) is 4.79 Å². The minimum absolute atomic E-state index is 0.0662. The molecule has 1 unspecified atom stereocenters. The van der Waals surface area contributed by atoms with E-state index < -0.39 is 5.76 Å². The van der Waals surface area contributed by atoms with Crippen molar-refractivity contribution < 1.29 is 9.21 Å². The monoisotopic (exact) mass is 409 g/mol. The first-order valence-electron chi connectivity index (χ1n) is 10.4. The van der Waals surface area contributed by atoms with Crippen LogP contribution in [0, 0.1) is 5.92 Å². The zero-order valence-electron chi connectivity index (χ0n) is 18.1. The maximum atomic E-state index is 12.7. The Balaban J connectivity index is 1.61. The summed E-state index contributed by atoms with van der Waals surface area (Å²) in [4.78, 5) is 28.8. The first-order chi connectivity index (χ1) is 14.3.